The van der Waals surface area contributed by atoms with Crippen molar-refractivity contribution in [2.75, 3.05) is 0 Å². The Hall–Kier alpha value is -2.76. The first-order chi connectivity index (χ1) is 9.10. The third-order valence-electron chi connectivity index (χ3n) is 2.83. The molecular formula is C13H9N2O4. The molecule has 0 aliphatic carbocycles. The van der Waals surface area contributed by atoms with Gasteiger partial charge in [-0.25, -0.2) is 0 Å². The van der Waals surface area contributed by atoms with Gasteiger partial charge in [-0.05, 0) is 30.3 Å². The van der Waals surface area contributed by atoms with E-state index in [4.69, 9.17) is 0 Å². The topological polar surface area (TPSA) is 86.3 Å². The van der Waals surface area contributed by atoms with Gasteiger partial charge in [-0.3, -0.25) is 20.2 Å². The quantitative estimate of drug-likeness (QED) is 0.477. The molecule has 0 N–H and O–H groups in total. The highest BCUT2D eigenvalue weighted by molar-refractivity contribution is 5.32. The number of nitrogens with zero attached hydrogens (tertiary/aromatic N) is 2. The Kier molecular flexibility index (Phi) is 3.24. The summed E-state index contributed by atoms with van der Waals surface area (Å²) in [5, 5.41) is 22.8. The van der Waals surface area contributed by atoms with Crippen molar-refractivity contribution in [2.45, 2.75) is 5.66 Å². The molecule has 6 heteroatoms. The smallest absolute Gasteiger partial charge is 0.258 e. The van der Waals surface area contributed by atoms with Crippen molar-refractivity contribution < 1.29 is 9.85 Å². The van der Waals surface area contributed by atoms with Gasteiger partial charge in [0.2, 0.25) is 0 Å². The molecule has 2 aromatic rings. The zero-order valence-corrected chi connectivity index (χ0v) is 9.72. The molecule has 19 heavy (non-hydrogen) atoms. The van der Waals surface area contributed by atoms with Gasteiger partial charge in [0, 0.05) is 0 Å². The van der Waals surface area contributed by atoms with Gasteiger partial charge >= 0.3 is 5.66 Å². The minimum atomic E-state index is -2.49. The second-order valence-corrected chi connectivity index (χ2v) is 3.84. The van der Waals surface area contributed by atoms with E-state index in [1.54, 1.807) is 6.07 Å². The van der Waals surface area contributed by atoms with E-state index in [1.807, 2.05) is 0 Å². The van der Waals surface area contributed by atoms with Crippen LogP contribution >= 0.6 is 0 Å². The highest BCUT2D eigenvalue weighted by Gasteiger charge is 2.59. The van der Waals surface area contributed by atoms with E-state index in [2.05, 4.69) is 6.07 Å². The third-order valence-corrected chi connectivity index (χ3v) is 2.83. The Morgan fingerprint density at radius 3 is 1.79 bits per heavy atom. The fourth-order valence-electron chi connectivity index (χ4n) is 1.94. The molecule has 0 fully saturated rings. The summed E-state index contributed by atoms with van der Waals surface area (Å²) >= 11 is 0. The first-order valence-corrected chi connectivity index (χ1v) is 5.41. The van der Waals surface area contributed by atoms with Crippen LogP contribution in [-0.2, 0) is 5.66 Å². The van der Waals surface area contributed by atoms with Crippen molar-refractivity contribution in [1.82, 2.24) is 0 Å². The first-order valence-electron chi connectivity index (χ1n) is 5.41. The molecule has 0 heterocycles. The molecule has 6 nitrogen and oxygen atoms in total. The molecular weight excluding hydrogens is 248 g/mol. The fourth-order valence-corrected chi connectivity index (χ4v) is 1.94. The lowest BCUT2D eigenvalue weighted by Gasteiger charge is -2.17. The molecule has 0 saturated carbocycles. The Morgan fingerprint density at radius 2 is 1.32 bits per heavy atom. The van der Waals surface area contributed by atoms with Crippen molar-refractivity contribution in [3.05, 3.63) is 92.0 Å². The lowest BCUT2D eigenvalue weighted by molar-refractivity contribution is -0.796. The SMILES string of the molecule is O=[N+]([O-])C(c1cc[c]cc1)(c1ccccc1)[N+](=O)[O-]. The third kappa shape index (κ3) is 1.93. The van der Waals surface area contributed by atoms with Crippen molar-refractivity contribution in [1.29, 1.82) is 0 Å². The molecule has 0 saturated heterocycles. The van der Waals surface area contributed by atoms with E-state index < -0.39 is 15.5 Å². The Balaban J connectivity index is 2.77. The Morgan fingerprint density at radius 1 is 0.842 bits per heavy atom. The van der Waals surface area contributed by atoms with Gasteiger partial charge in [-0.1, -0.05) is 30.3 Å². The van der Waals surface area contributed by atoms with Crippen LogP contribution in [0.5, 0.6) is 0 Å². The summed E-state index contributed by atoms with van der Waals surface area (Å²) < 4.78 is 0. The maximum atomic E-state index is 11.4. The molecule has 95 valence electrons. The van der Waals surface area contributed by atoms with Crippen LogP contribution in [0.3, 0.4) is 0 Å². The number of hydrogen-bond donors (Lipinski definition) is 0. The van der Waals surface area contributed by atoms with Crippen LogP contribution in [0.1, 0.15) is 11.1 Å². The number of benzene rings is 2. The summed E-state index contributed by atoms with van der Waals surface area (Å²) in [6.07, 6.45) is 0. The maximum absolute atomic E-state index is 11.4. The van der Waals surface area contributed by atoms with E-state index in [0.717, 1.165) is 0 Å². The minimum absolute atomic E-state index is 0.00699. The normalized spacial score (nSPS) is 10.9. The van der Waals surface area contributed by atoms with Crippen LogP contribution in [0.15, 0.2) is 54.6 Å². The van der Waals surface area contributed by atoms with E-state index in [0.29, 0.717) is 0 Å². The van der Waals surface area contributed by atoms with Crippen molar-refractivity contribution >= 4 is 0 Å². The van der Waals surface area contributed by atoms with Gasteiger partial charge in [0.05, 0.1) is 0 Å². The molecule has 0 atom stereocenters. The monoisotopic (exact) mass is 257 g/mol. The van der Waals surface area contributed by atoms with Crippen LogP contribution in [0, 0.1) is 26.3 Å². The molecule has 2 rings (SSSR count). The molecule has 0 aromatic heterocycles. The van der Waals surface area contributed by atoms with Crippen LogP contribution < -0.4 is 0 Å². The van der Waals surface area contributed by atoms with Gasteiger partial charge in [0.25, 0.3) is 0 Å². The standard InChI is InChI=1S/C13H9N2O4/c16-14(17)13(15(18)19,11-7-3-1-4-8-11)12-9-5-2-6-10-12/h1,3-10H. The molecule has 1 radical (unpaired) electrons. The molecule has 0 bridgehead atoms. The predicted octanol–water partition coefficient (Wildman–Crippen LogP) is 2.24. The van der Waals surface area contributed by atoms with Crippen molar-refractivity contribution in [2.24, 2.45) is 0 Å². The van der Waals surface area contributed by atoms with Gasteiger partial charge in [-0.2, -0.15) is 0 Å². The van der Waals surface area contributed by atoms with Gasteiger partial charge < -0.3 is 0 Å². The average molecular weight is 257 g/mol. The molecule has 0 amide bonds. The van der Waals surface area contributed by atoms with E-state index in [9.17, 15) is 20.2 Å². The summed E-state index contributed by atoms with van der Waals surface area (Å²) in [6.45, 7) is 0. The van der Waals surface area contributed by atoms with Gasteiger partial charge in [0.15, 0.2) is 0 Å². The second-order valence-electron chi connectivity index (χ2n) is 3.84. The zero-order valence-electron chi connectivity index (χ0n) is 9.72. The minimum Gasteiger partial charge on any atom is -0.258 e. The molecule has 0 unspecified atom stereocenters. The van der Waals surface area contributed by atoms with Crippen molar-refractivity contribution in [3.63, 3.8) is 0 Å². The molecule has 0 aliphatic heterocycles. The zero-order chi connectivity index (χ0) is 13.9. The van der Waals surface area contributed by atoms with E-state index in [1.165, 1.54) is 48.5 Å². The van der Waals surface area contributed by atoms with Crippen LogP contribution in [-0.4, -0.2) is 9.85 Å². The van der Waals surface area contributed by atoms with Crippen LogP contribution in [0.2, 0.25) is 0 Å². The predicted molar refractivity (Wildman–Crippen MR) is 66.5 cm³/mol. The number of hydrogen-bond acceptors (Lipinski definition) is 4. The summed E-state index contributed by atoms with van der Waals surface area (Å²) in [4.78, 5) is 21.1. The highest BCUT2D eigenvalue weighted by atomic mass is 16.7. The highest BCUT2D eigenvalue weighted by Crippen LogP contribution is 2.33. The molecule has 0 aliphatic rings. The molecule has 2 aromatic carbocycles. The summed E-state index contributed by atoms with van der Waals surface area (Å²) in [5.41, 5.74) is -2.49. The van der Waals surface area contributed by atoms with E-state index in [-0.39, 0.29) is 11.1 Å². The van der Waals surface area contributed by atoms with E-state index >= 15 is 0 Å². The fraction of sp³-hybridized carbons (Fsp3) is 0.0769. The van der Waals surface area contributed by atoms with Crippen molar-refractivity contribution in [3.8, 4) is 0 Å². The van der Waals surface area contributed by atoms with Crippen LogP contribution in [0.25, 0.3) is 0 Å². The lowest BCUT2D eigenvalue weighted by atomic mass is 9.92. The van der Waals surface area contributed by atoms with Gasteiger partial charge in [0.1, 0.15) is 21.0 Å². The van der Waals surface area contributed by atoms with Gasteiger partial charge in [-0.15, -0.1) is 0 Å². The number of nitro groups is 2. The molecule has 0 spiro atoms. The van der Waals surface area contributed by atoms with Crippen LogP contribution in [0.4, 0.5) is 0 Å². The first kappa shape index (κ1) is 12.7. The summed E-state index contributed by atoms with van der Waals surface area (Å²) in [6, 6.07) is 15.7. The summed E-state index contributed by atoms with van der Waals surface area (Å²) in [7, 11) is 0. The largest absolute Gasteiger partial charge is 0.510 e. The summed E-state index contributed by atoms with van der Waals surface area (Å²) in [5.74, 6) is 0. The Bertz CT molecular complexity index is 543. The number of rotatable bonds is 4. The second kappa shape index (κ2) is 4.85. The Labute approximate surface area is 108 Å². The average Bonchev–Trinajstić information content (AvgIpc) is 2.41. The maximum Gasteiger partial charge on any atom is 0.510 e. The lowest BCUT2D eigenvalue weighted by Crippen LogP contribution is -2.44.